The highest BCUT2D eigenvalue weighted by molar-refractivity contribution is 7.98. The van der Waals surface area contributed by atoms with Crippen molar-refractivity contribution < 1.29 is 13.9 Å². The van der Waals surface area contributed by atoms with Crippen molar-refractivity contribution in [2.24, 2.45) is 0 Å². The maximum absolute atomic E-state index is 14.2. The Kier molecular flexibility index (Phi) is 5.01. The number of rotatable bonds is 6. The lowest BCUT2D eigenvalue weighted by atomic mass is 10.1. The maximum atomic E-state index is 14.2. The van der Waals surface area contributed by atoms with Crippen molar-refractivity contribution in [3.8, 4) is 5.75 Å². The van der Waals surface area contributed by atoms with Gasteiger partial charge in [0.15, 0.2) is 5.16 Å². The van der Waals surface area contributed by atoms with Crippen LogP contribution in [0.4, 0.5) is 4.39 Å². The van der Waals surface area contributed by atoms with Gasteiger partial charge in [0, 0.05) is 34.9 Å². The zero-order valence-electron chi connectivity index (χ0n) is 16.2. The van der Waals surface area contributed by atoms with E-state index in [0.717, 1.165) is 34.2 Å². The number of hydrogen-bond donors (Lipinski definition) is 0. The van der Waals surface area contributed by atoms with Crippen LogP contribution >= 0.6 is 11.8 Å². The summed E-state index contributed by atoms with van der Waals surface area (Å²) in [4.78, 5) is 0. The van der Waals surface area contributed by atoms with Gasteiger partial charge in [-0.15, -0.1) is 10.2 Å². The molecule has 2 aliphatic rings. The molecule has 1 saturated carbocycles. The lowest BCUT2D eigenvalue weighted by Gasteiger charge is -2.28. The van der Waals surface area contributed by atoms with Gasteiger partial charge in [-0.3, -0.25) is 0 Å². The SMILES string of the molecule is CCn1c(SCc2cc(F)cc3c2O[C@H](c2ccccc2)OC3)nnc1C1CC1. The molecular formula is C22H22FN3O2S. The van der Waals surface area contributed by atoms with Crippen molar-refractivity contribution >= 4 is 11.8 Å². The fourth-order valence-corrected chi connectivity index (χ4v) is 4.62. The minimum absolute atomic E-state index is 0.277. The molecule has 2 heterocycles. The molecular weight excluding hydrogens is 389 g/mol. The first-order valence-electron chi connectivity index (χ1n) is 9.93. The minimum Gasteiger partial charge on any atom is -0.460 e. The van der Waals surface area contributed by atoms with Crippen LogP contribution in [0, 0.1) is 5.82 Å². The molecule has 5 rings (SSSR count). The second kappa shape index (κ2) is 7.80. The molecule has 2 aromatic carbocycles. The molecule has 1 aromatic heterocycles. The quantitative estimate of drug-likeness (QED) is 0.521. The number of thioether (sulfide) groups is 1. The van der Waals surface area contributed by atoms with E-state index in [0.29, 0.717) is 24.0 Å². The van der Waals surface area contributed by atoms with Crippen LogP contribution in [-0.4, -0.2) is 14.8 Å². The molecule has 0 bridgehead atoms. The summed E-state index contributed by atoms with van der Waals surface area (Å²) in [5.41, 5.74) is 2.50. The van der Waals surface area contributed by atoms with Gasteiger partial charge in [-0.1, -0.05) is 42.1 Å². The van der Waals surface area contributed by atoms with E-state index in [9.17, 15) is 4.39 Å². The number of hydrogen-bond acceptors (Lipinski definition) is 5. The molecule has 0 spiro atoms. The third kappa shape index (κ3) is 3.76. The summed E-state index contributed by atoms with van der Waals surface area (Å²) in [5, 5.41) is 9.64. The van der Waals surface area contributed by atoms with Crippen LogP contribution in [0.3, 0.4) is 0 Å². The van der Waals surface area contributed by atoms with Gasteiger partial charge in [0.1, 0.15) is 17.4 Å². The fourth-order valence-electron chi connectivity index (χ4n) is 3.65. The van der Waals surface area contributed by atoms with Crippen molar-refractivity contribution in [2.75, 3.05) is 0 Å². The van der Waals surface area contributed by atoms with Crippen LogP contribution in [0.25, 0.3) is 0 Å². The van der Waals surface area contributed by atoms with Gasteiger partial charge in [-0.05, 0) is 31.9 Å². The third-order valence-electron chi connectivity index (χ3n) is 5.26. The summed E-state index contributed by atoms with van der Waals surface area (Å²) >= 11 is 1.57. The molecule has 1 aliphatic heterocycles. The molecule has 0 radical (unpaired) electrons. The number of benzene rings is 2. The van der Waals surface area contributed by atoms with Gasteiger partial charge in [-0.2, -0.15) is 0 Å². The number of halogens is 1. The maximum Gasteiger partial charge on any atom is 0.227 e. The summed E-state index contributed by atoms with van der Waals surface area (Å²) in [6.45, 7) is 3.26. The predicted molar refractivity (Wildman–Crippen MR) is 108 cm³/mol. The molecule has 29 heavy (non-hydrogen) atoms. The smallest absolute Gasteiger partial charge is 0.227 e. The van der Waals surface area contributed by atoms with Gasteiger partial charge in [0.2, 0.25) is 6.29 Å². The zero-order valence-corrected chi connectivity index (χ0v) is 17.0. The van der Waals surface area contributed by atoms with Crippen molar-refractivity contribution in [2.45, 2.75) is 56.0 Å². The molecule has 0 unspecified atom stereocenters. The number of nitrogens with zero attached hydrogens (tertiary/aromatic N) is 3. The normalized spacial score (nSPS) is 18.3. The van der Waals surface area contributed by atoms with E-state index in [1.807, 2.05) is 30.3 Å². The molecule has 1 fully saturated rings. The van der Waals surface area contributed by atoms with Gasteiger partial charge in [0.25, 0.3) is 0 Å². The van der Waals surface area contributed by atoms with Crippen LogP contribution in [0.15, 0.2) is 47.6 Å². The summed E-state index contributed by atoms with van der Waals surface area (Å²) in [6, 6.07) is 12.8. The lowest BCUT2D eigenvalue weighted by Crippen LogP contribution is -2.19. The predicted octanol–water partition coefficient (Wildman–Crippen LogP) is 5.21. The second-order valence-corrected chi connectivity index (χ2v) is 8.32. The fraction of sp³-hybridized carbons (Fsp3) is 0.364. The van der Waals surface area contributed by atoms with Gasteiger partial charge in [-0.25, -0.2) is 4.39 Å². The van der Waals surface area contributed by atoms with Crippen LogP contribution < -0.4 is 4.74 Å². The number of fused-ring (bicyclic) bond motifs is 1. The molecule has 0 amide bonds. The molecule has 5 nitrogen and oxygen atoms in total. The molecule has 1 aliphatic carbocycles. The highest BCUT2D eigenvalue weighted by Crippen LogP contribution is 2.41. The Morgan fingerprint density at radius 3 is 2.76 bits per heavy atom. The molecule has 1 atom stereocenters. The van der Waals surface area contributed by atoms with Crippen LogP contribution in [0.5, 0.6) is 5.75 Å². The average Bonchev–Trinajstić information content (AvgIpc) is 3.51. The van der Waals surface area contributed by atoms with Gasteiger partial charge in [0.05, 0.1) is 6.61 Å². The Morgan fingerprint density at radius 1 is 1.17 bits per heavy atom. The van der Waals surface area contributed by atoms with E-state index in [4.69, 9.17) is 9.47 Å². The van der Waals surface area contributed by atoms with Crippen molar-refractivity contribution in [1.29, 1.82) is 0 Å². The standard InChI is InChI=1S/C22H22FN3O2S/c1-2-26-20(14-8-9-14)24-25-22(26)29-13-17-11-18(23)10-16-12-27-21(28-19(16)17)15-6-4-3-5-7-15/h3-7,10-11,14,21H,2,8-9,12-13H2,1H3/t21-/m1/s1. The molecule has 3 aromatic rings. The Bertz CT molecular complexity index is 1020. The average molecular weight is 412 g/mol. The summed E-state index contributed by atoms with van der Waals surface area (Å²) in [6.07, 6.45) is 1.89. The minimum atomic E-state index is -0.487. The van der Waals surface area contributed by atoms with Crippen molar-refractivity contribution in [1.82, 2.24) is 14.8 Å². The van der Waals surface area contributed by atoms with E-state index in [-0.39, 0.29) is 5.82 Å². The Labute approximate surface area is 173 Å². The summed E-state index contributed by atoms with van der Waals surface area (Å²) in [5.74, 6) is 2.62. The lowest BCUT2D eigenvalue weighted by molar-refractivity contribution is -0.112. The second-order valence-electron chi connectivity index (χ2n) is 7.37. The molecule has 7 heteroatoms. The first kappa shape index (κ1) is 18.6. The van der Waals surface area contributed by atoms with Crippen molar-refractivity contribution in [3.05, 3.63) is 70.8 Å². The molecule has 150 valence electrons. The largest absolute Gasteiger partial charge is 0.460 e. The zero-order chi connectivity index (χ0) is 19.8. The molecule has 0 N–H and O–H groups in total. The Morgan fingerprint density at radius 2 is 2.00 bits per heavy atom. The van der Waals surface area contributed by atoms with Crippen molar-refractivity contribution in [3.63, 3.8) is 0 Å². The van der Waals surface area contributed by atoms with E-state index in [2.05, 4.69) is 21.7 Å². The first-order valence-corrected chi connectivity index (χ1v) is 10.9. The van der Waals surface area contributed by atoms with Crippen LogP contribution in [-0.2, 0) is 23.6 Å². The third-order valence-corrected chi connectivity index (χ3v) is 6.27. The highest BCUT2D eigenvalue weighted by Gasteiger charge is 2.30. The topological polar surface area (TPSA) is 49.2 Å². The van der Waals surface area contributed by atoms with Crippen LogP contribution in [0.1, 0.15) is 54.5 Å². The Hall–Kier alpha value is -2.38. The van der Waals surface area contributed by atoms with Gasteiger partial charge >= 0.3 is 0 Å². The van der Waals surface area contributed by atoms with Gasteiger partial charge < -0.3 is 14.0 Å². The van der Waals surface area contributed by atoms with E-state index >= 15 is 0 Å². The first-order chi connectivity index (χ1) is 14.2. The summed E-state index contributed by atoms with van der Waals surface area (Å²) in [7, 11) is 0. The monoisotopic (exact) mass is 411 g/mol. The Balaban J connectivity index is 1.39. The number of ether oxygens (including phenoxy) is 2. The number of aromatic nitrogens is 3. The van der Waals surface area contributed by atoms with Crippen LogP contribution in [0.2, 0.25) is 0 Å². The van der Waals surface area contributed by atoms with E-state index in [1.54, 1.807) is 17.8 Å². The summed E-state index contributed by atoms with van der Waals surface area (Å²) < 4.78 is 28.4. The van der Waals surface area contributed by atoms with E-state index < -0.39 is 6.29 Å². The van der Waals surface area contributed by atoms with E-state index in [1.165, 1.54) is 18.9 Å². The highest BCUT2D eigenvalue weighted by atomic mass is 32.2. The molecule has 0 saturated heterocycles.